The maximum atomic E-state index is 12.4. The second kappa shape index (κ2) is 8.23. The number of carbonyl (C=O) groups is 1. The summed E-state index contributed by atoms with van der Waals surface area (Å²) in [5, 5.41) is 2.85. The topological polar surface area (TPSA) is 84.5 Å². The molecule has 0 saturated carbocycles. The van der Waals surface area contributed by atoms with Crippen molar-refractivity contribution in [2.45, 2.75) is 26.8 Å². The molecular weight excluding hydrogens is 352 g/mol. The van der Waals surface area contributed by atoms with Crippen LogP contribution in [-0.4, -0.2) is 33.2 Å². The Morgan fingerprint density at radius 2 is 1.81 bits per heavy atom. The van der Waals surface area contributed by atoms with Gasteiger partial charge in [-0.1, -0.05) is 24.3 Å². The Bertz CT molecular complexity index is 894. The predicted molar refractivity (Wildman–Crippen MR) is 103 cm³/mol. The first-order valence-corrected chi connectivity index (χ1v) is 10.1. The normalized spacial score (nSPS) is 12.3. The van der Waals surface area contributed by atoms with E-state index < -0.39 is 10.0 Å². The molecule has 7 heteroatoms. The summed E-state index contributed by atoms with van der Waals surface area (Å²) in [6.45, 7) is 5.91. The molecule has 0 bridgehead atoms. The van der Waals surface area contributed by atoms with E-state index in [1.807, 2.05) is 38.1 Å². The molecule has 1 amide bonds. The lowest BCUT2D eigenvalue weighted by Gasteiger charge is -2.17. The van der Waals surface area contributed by atoms with Crippen molar-refractivity contribution < 1.29 is 17.9 Å². The first-order valence-electron chi connectivity index (χ1n) is 8.23. The number of amides is 1. The molecule has 0 aliphatic heterocycles. The Morgan fingerprint density at radius 1 is 1.12 bits per heavy atom. The van der Waals surface area contributed by atoms with E-state index in [0.717, 1.165) is 23.1 Å². The molecule has 140 valence electrons. The number of ether oxygens (including phenoxy) is 1. The maximum Gasteiger partial charge on any atom is 0.251 e. The van der Waals surface area contributed by atoms with Crippen LogP contribution in [-0.2, 0) is 10.0 Å². The first-order chi connectivity index (χ1) is 12.2. The zero-order valence-electron chi connectivity index (χ0n) is 15.4. The van der Waals surface area contributed by atoms with Gasteiger partial charge in [-0.2, -0.15) is 0 Å². The lowest BCUT2D eigenvalue weighted by molar-refractivity contribution is 0.0926. The van der Waals surface area contributed by atoms with Crippen LogP contribution in [0.25, 0.3) is 0 Å². The van der Waals surface area contributed by atoms with E-state index in [0.29, 0.717) is 17.9 Å². The summed E-state index contributed by atoms with van der Waals surface area (Å²) in [7, 11) is -3.41. The molecule has 0 aliphatic rings. The minimum Gasteiger partial charge on any atom is -0.491 e. The summed E-state index contributed by atoms with van der Waals surface area (Å²) in [6.07, 6.45) is 1.07. The average molecular weight is 376 g/mol. The molecule has 6 nitrogen and oxygen atoms in total. The van der Waals surface area contributed by atoms with Crippen LogP contribution >= 0.6 is 0 Å². The Hall–Kier alpha value is -2.54. The van der Waals surface area contributed by atoms with Crippen LogP contribution in [0.5, 0.6) is 5.75 Å². The summed E-state index contributed by atoms with van der Waals surface area (Å²) in [5.41, 5.74) is 2.54. The Labute approximate surface area is 154 Å². The highest BCUT2D eigenvalue weighted by Crippen LogP contribution is 2.19. The SMILES string of the molecule is Cc1ccc(C(=O)NC(C)COc2ccccc2C)cc1NS(C)(=O)=O. The van der Waals surface area contributed by atoms with Crippen molar-refractivity contribution in [1.82, 2.24) is 5.32 Å². The van der Waals surface area contributed by atoms with E-state index >= 15 is 0 Å². The number of carbonyl (C=O) groups excluding carboxylic acids is 1. The third-order valence-electron chi connectivity index (χ3n) is 3.76. The van der Waals surface area contributed by atoms with E-state index in [2.05, 4.69) is 10.0 Å². The van der Waals surface area contributed by atoms with Gasteiger partial charge < -0.3 is 10.1 Å². The van der Waals surface area contributed by atoms with Crippen LogP contribution in [0, 0.1) is 13.8 Å². The number of sulfonamides is 1. The van der Waals surface area contributed by atoms with E-state index in [-0.39, 0.29) is 11.9 Å². The number of aryl methyl sites for hydroxylation is 2. The third-order valence-corrected chi connectivity index (χ3v) is 4.35. The van der Waals surface area contributed by atoms with Crippen LogP contribution < -0.4 is 14.8 Å². The van der Waals surface area contributed by atoms with Crippen molar-refractivity contribution in [3.63, 3.8) is 0 Å². The van der Waals surface area contributed by atoms with Gasteiger partial charge in [0.15, 0.2) is 0 Å². The molecule has 2 rings (SSSR count). The summed E-state index contributed by atoms with van der Waals surface area (Å²) < 4.78 is 31.0. The quantitative estimate of drug-likeness (QED) is 0.778. The highest BCUT2D eigenvalue weighted by Gasteiger charge is 2.13. The average Bonchev–Trinajstić information content (AvgIpc) is 2.55. The molecule has 0 heterocycles. The molecule has 0 aliphatic carbocycles. The molecule has 0 fully saturated rings. The van der Waals surface area contributed by atoms with Gasteiger partial charge in [-0.25, -0.2) is 8.42 Å². The first kappa shape index (κ1) is 19.8. The molecule has 1 atom stereocenters. The Balaban J connectivity index is 2.00. The van der Waals surface area contributed by atoms with Crippen molar-refractivity contribution in [2.75, 3.05) is 17.6 Å². The predicted octanol–water partition coefficient (Wildman–Crippen LogP) is 2.87. The van der Waals surface area contributed by atoms with Gasteiger partial charge in [-0.15, -0.1) is 0 Å². The molecule has 0 aromatic heterocycles. The van der Waals surface area contributed by atoms with Gasteiger partial charge in [-0.3, -0.25) is 9.52 Å². The summed E-state index contributed by atoms with van der Waals surface area (Å²) >= 11 is 0. The number of para-hydroxylation sites is 1. The molecule has 1 unspecified atom stereocenters. The van der Waals surface area contributed by atoms with Crippen LogP contribution in [0.4, 0.5) is 5.69 Å². The zero-order chi connectivity index (χ0) is 19.3. The fraction of sp³-hybridized carbons (Fsp3) is 0.316. The van der Waals surface area contributed by atoms with Gasteiger partial charge >= 0.3 is 0 Å². The highest BCUT2D eigenvalue weighted by atomic mass is 32.2. The van der Waals surface area contributed by atoms with Crippen molar-refractivity contribution in [3.8, 4) is 5.75 Å². The molecule has 0 saturated heterocycles. The summed E-state index contributed by atoms with van der Waals surface area (Å²) in [5.74, 6) is 0.492. The lowest BCUT2D eigenvalue weighted by Crippen LogP contribution is -2.36. The van der Waals surface area contributed by atoms with Gasteiger partial charge in [0.25, 0.3) is 5.91 Å². The van der Waals surface area contributed by atoms with Crippen molar-refractivity contribution in [3.05, 3.63) is 59.2 Å². The van der Waals surface area contributed by atoms with Gasteiger partial charge in [0, 0.05) is 5.56 Å². The molecule has 26 heavy (non-hydrogen) atoms. The number of benzene rings is 2. The van der Waals surface area contributed by atoms with Crippen LogP contribution in [0.3, 0.4) is 0 Å². The van der Waals surface area contributed by atoms with Crippen LogP contribution in [0.15, 0.2) is 42.5 Å². The highest BCUT2D eigenvalue weighted by molar-refractivity contribution is 7.92. The van der Waals surface area contributed by atoms with E-state index in [4.69, 9.17) is 4.74 Å². The maximum absolute atomic E-state index is 12.4. The van der Waals surface area contributed by atoms with E-state index in [1.54, 1.807) is 19.1 Å². The smallest absolute Gasteiger partial charge is 0.251 e. The number of anilines is 1. The lowest BCUT2D eigenvalue weighted by atomic mass is 10.1. The third kappa shape index (κ3) is 5.77. The molecule has 2 aromatic rings. The second-order valence-electron chi connectivity index (χ2n) is 6.35. The molecule has 0 radical (unpaired) electrons. The van der Waals surface area contributed by atoms with Crippen LogP contribution in [0.2, 0.25) is 0 Å². The molecule has 0 spiro atoms. The largest absolute Gasteiger partial charge is 0.491 e. The van der Waals surface area contributed by atoms with Gasteiger partial charge in [0.05, 0.1) is 18.0 Å². The standard InChI is InChI=1S/C19H24N2O4S/c1-13-9-10-16(11-17(13)21-26(4,23)24)19(22)20-15(3)12-25-18-8-6-5-7-14(18)2/h5-11,15,21H,12H2,1-4H3,(H,20,22). The number of hydrogen-bond acceptors (Lipinski definition) is 4. The number of rotatable bonds is 7. The van der Waals surface area contributed by atoms with Gasteiger partial charge in [0.2, 0.25) is 10.0 Å². The van der Waals surface area contributed by atoms with Gasteiger partial charge in [0.1, 0.15) is 12.4 Å². The fourth-order valence-electron chi connectivity index (χ4n) is 2.35. The van der Waals surface area contributed by atoms with Crippen molar-refractivity contribution in [2.24, 2.45) is 0 Å². The van der Waals surface area contributed by atoms with E-state index in [1.165, 1.54) is 6.07 Å². The summed E-state index contributed by atoms with van der Waals surface area (Å²) in [4.78, 5) is 12.4. The molecular formula is C19H24N2O4S. The van der Waals surface area contributed by atoms with Crippen molar-refractivity contribution >= 4 is 21.6 Å². The van der Waals surface area contributed by atoms with Crippen LogP contribution in [0.1, 0.15) is 28.4 Å². The molecule has 2 aromatic carbocycles. The fourth-order valence-corrected chi connectivity index (χ4v) is 2.97. The van der Waals surface area contributed by atoms with Crippen molar-refractivity contribution in [1.29, 1.82) is 0 Å². The minimum absolute atomic E-state index is 0.213. The van der Waals surface area contributed by atoms with Gasteiger partial charge in [-0.05, 0) is 50.1 Å². The number of nitrogens with one attached hydrogen (secondary N) is 2. The Morgan fingerprint density at radius 3 is 2.46 bits per heavy atom. The van der Waals surface area contributed by atoms with E-state index in [9.17, 15) is 13.2 Å². The Kier molecular flexibility index (Phi) is 6.26. The second-order valence-corrected chi connectivity index (χ2v) is 8.10. The zero-order valence-corrected chi connectivity index (χ0v) is 16.2. The molecule has 2 N–H and O–H groups in total. The monoisotopic (exact) mass is 376 g/mol. The summed E-state index contributed by atoms with van der Waals surface area (Å²) in [6, 6.07) is 12.4. The minimum atomic E-state index is -3.41. The number of hydrogen-bond donors (Lipinski definition) is 2.